The minimum atomic E-state index is 0.232. The number of methoxy groups -OCH3 is 2. The third kappa shape index (κ3) is 4.17. The van der Waals surface area contributed by atoms with Gasteiger partial charge in [0.05, 0.1) is 12.2 Å². The van der Waals surface area contributed by atoms with E-state index in [1.54, 1.807) is 14.2 Å². The van der Waals surface area contributed by atoms with Crippen molar-refractivity contribution in [3.8, 4) is 0 Å². The average molecular weight is 284 g/mol. The third-order valence-corrected chi connectivity index (χ3v) is 4.98. The Balaban J connectivity index is 1.87. The second-order valence-corrected chi connectivity index (χ2v) is 6.37. The second-order valence-electron chi connectivity index (χ2n) is 6.37. The molecule has 2 fully saturated rings. The summed E-state index contributed by atoms with van der Waals surface area (Å²) in [4.78, 5) is 2.52. The molecule has 2 aliphatic rings. The molecule has 3 unspecified atom stereocenters. The van der Waals surface area contributed by atoms with E-state index in [0.717, 1.165) is 32.1 Å². The number of hydrogen-bond acceptors (Lipinski definition) is 4. The van der Waals surface area contributed by atoms with Crippen LogP contribution in [0.5, 0.6) is 0 Å². The van der Waals surface area contributed by atoms with Crippen LogP contribution >= 0.6 is 0 Å². The van der Waals surface area contributed by atoms with E-state index >= 15 is 0 Å². The first kappa shape index (κ1) is 16.2. The lowest BCUT2D eigenvalue weighted by atomic mass is 9.97. The predicted molar refractivity (Wildman–Crippen MR) is 82.1 cm³/mol. The van der Waals surface area contributed by atoms with Crippen molar-refractivity contribution in [2.75, 3.05) is 40.4 Å². The van der Waals surface area contributed by atoms with E-state index in [4.69, 9.17) is 9.47 Å². The van der Waals surface area contributed by atoms with E-state index in [0.29, 0.717) is 6.04 Å². The maximum absolute atomic E-state index is 5.55. The highest BCUT2D eigenvalue weighted by Gasteiger charge is 2.35. The summed E-state index contributed by atoms with van der Waals surface area (Å²) in [6.07, 6.45) is 7.30. The zero-order chi connectivity index (χ0) is 14.4. The molecule has 4 heteroatoms. The molecule has 2 rings (SSSR count). The highest BCUT2D eigenvalue weighted by molar-refractivity contribution is 4.90. The van der Waals surface area contributed by atoms with Crippen molar-refractivity contribution in [2.45, 2.75) is 57.3 Å². The average Bonchev–Trinajstić information content (AvgIpc) is 3.12. The molecule has 0 amide bonds. The summed E-state index contributed by atoms with van der Waals surface area (Å²) in [6, 6.07) is 0.644. The van der Waals surface area contributed by atoms with Crippen LogP contribution in [0.3, 0.4) is 0 Å². The molecule has 1 aliphatic heterocycles. The van der Waals surface area contributed by atoms with E-state index in [2.05, 4.69) is 17.1 Å². The highest BCUT2D eigenvalue weighted by atomic mass is 16.5. The second kappa shape index (κ2) is 8.32. The molecule has 0 bridgehead atoms. The topological polar surface area (TPSA) is 33.7 Å². The van der Waals surface area contributed by atoms with Crippen molar-refractivity contribution in [3.63, 3.8) is 0 Å². The van der Waals surface area contributed by atoms with Gasteiger partial charge in [-0.15, -0.1) is 0 Å². The van der Waals surface area contributed by atoms with E-state index in [1.807, 2.05) is 0 Å². The minimum absolute atomic E-state index is 0.232. The lowest BCUT2D eigenvalue weighted by Gasteiger charge is -2.29. The van der Waals surface area contributed by atoms with Gasteiger partial charge in [0.2, 0.25) is 0 Å². The molecular formula is C16H32N2O2. The Morgan fingerprint density at radius 1 is 1.10 bits per heavy atom. The monoisotopic (exact) mass is 284 g/mol. The molecule has 1 saturated carbocycles. The summed E-state index contributed by atoms with van der Waals surface area (Å²) in [5.74, 6) is 0.865. The first-order valence-corrected chi connectivity index (χ1v) is 8.29. The van der Waals surface area contributed by atoms with Crippen molar-refractivity contribution < 1.29 is 9.47 Å². The van der Waals surface area contributed by atoms with Crippen molar-refractivity contribution in [1.82, 2.24) is 10.2 Å². The first-order chi connectivity index (χ1) is 9.78. The predicted octanol–water partition coefficient (Wildman–Crippen LogP) is 1.89. The van der Waals surface area contributed by atoms with Gasteiger partial charge in [0, 0.05) is 39.9 Å². The number of likely N-dealkylation sites (tertiary alicyclic amines) is 1. The van der Waals surface area contributed by atoms with E-state index in [9.17, 15) is 0 Å². The van der Waals surface area contributed by atoms with Crippen LogP contribution in [0.25, 0.3) is 0 Å². The molecule has 0 spiro atoms. The fourth-order valence-corrected chi connectivity index (χ4v) is 3.77. The molecule has 3 atom stereocenters. The van der Waals surface area contributed by atoms with Crippen molar-refractivity contribution in [1.29, 1.82) is 0 Å². The van der Waals surface area contributed by atoms with Gasteiger partial charge in [-0.05, 0) is 31.7 Å². The van der Waals surface area contributed by atoms with E-state index < -0.39 is 0 Å². The van der Waals surface area contributed by atoms with Crippen LogP contribution < -0.4 is 5.32 Å². The highest BCUT2D eigenvalue weighted by Crippen LogP contribution is 2.29. The molecule has 20 heavy (non-hydrogen) atoms. The summed E-state index contributed by atoms with van der Waals surface area (Å²) in [5, 5.41) is 3.78. The standard InChI is InChI=1S/C16H32N2O2/c1-4-9-17-14(13-7-5-6-8-13)10-18-11-15(19-2)16(12-18)20-3/h13-17H,4-12H2,1-3H3. The number of ether oxygens (including phenoxy) is 2. The van der Waals surface area contributed by atoms with Gasteiger partial charge >= 0.3 is 0 Å². The molecule has 0 aromatic heterocycles. The van der Waals surface area contributed by atoms with E-state index in [-0.39, 0.29) is 12.2 Å². The molecule has 1 saturated heterocycles. The summed E-state index contributed by atoms with van der Waals surface area (Å²) in [5.41, 5.74) is 0. The zero-order valence-electron chi connectivity index (χ0n) is 13.4. The summed E-state index contributed by atoms with van der Waals surface area (Å²) < 4.78 is 11.1. The molecule has 4 nitrogen and oxygen atoms in total. The van der Waals surface area contributed by atoms with Crippen molar-refractivity contribution >= 4 is 0 Å². The molecule has 118 valence electrons. The quantitative estimate of drug-likeness (QED) is 0.738. The van der Waals surface area contributed by atoms with Crippen LogP contribution in [0, 0.1) is 5.92 Å². The molecule has 0 radical (unpaired) electrons. The van der Waals surface area contributed by atoms with Gasteiger partial charge in [0.1, 0.15) is 0 Å². The summed E-state index contributed by atoms with van der Waals surface area (Å²) >= 11 is 0. The molecule has 1 aliphatic carbocycles. The van der Waals surface area contributed by atoms with Crippen molar-refractivity contribution in [2.24, 2.45) is 5.92 Å². The first-order valence-electron chi connectivity index (χ1n) is 8.29. The van der Waals surface area contributed by atoms with Crippen LogP contribution in [-0.4, -0.2) is 63.5 Å². The van der Waals surface area contributed by atoms with Crippen LogP contribution in [0.4, 0.5) is 0 Å². The maximum atomic E-state index is 5.55. The Hall–Kier alpha value is -0.160. The zero-order valence-corrected chi connectivity index (χ0v) is 13.4. The lowest BCUT2D eigenvalue weighted by molar-refractivity contribution is -0.00461. The molecule has 1 heterocycles. The molecular weight excluding hydrogens is 252 g/mol. The lowest BCUT2D eigenvalue weighted by Crippen LogP contribution is -2.45. The fraction of sp³-hybridized carbons (Fsp3) is 1.00. The fourth-order valence-electron chi connectivity index (χ4n) is 3.77. The van der Waals surface area contributed by atoms with Gasteiger partial charge < -0.3 is 14.8 Å². The molecule has 0 aromatic rings. The number of nitrogens with zero attached hydrogens (tertiary/aromatic N) is 1. The number of hydrogen-bond donors (Lipinski definition) is 1. The van der Waals surface area contributed by atoms with Crippen LogP contribution in [0.2, 0.25) is 0 Å². The Morgan fingerprint density at radius 2 is 1.70 bits per heavy atom. The number of rotatable bonds is 8. The summed E-state index contributed by atoms with van der Waals surface area (Å²) in [7, 11) is 3.59. The van der Waals surface area contributed by atoms with Gasteiger partial charge in [0.25, 0.3) is 0 Å². The third-order valence-electron chi connectivity index (χ3n) is 4.98. The van der Waals surface area contributed by atoms with Crippen LogP contribution in [-0.2, 0) is 9.47 Å². The Labute approximate surface area is 124 Å². The van der Waals surface area contributed by atoms with Crippen LogP contribution in [0.15, 0.2) is 0 Å². The number of nitrogens with one attached hydrogen (secondary N) is 1. The smallest absolute Gasteiger partial charge is 0.0971 e. The van der Waals surface area contributed by atoms with Crippen LogP contribution in [0.1, 0.15) is 39.0 Å². The maximum Gasteiger partial charge on any atom is 0.0971 e. The molecule has 1 N–H and O–H groups in total. The van der Waals surface area contributed by atoms with E-state index in [1.165, 1.54) is 32.1 Å². The van der Waals surface area contributed by atoms with Gasteiger partial charge in [-0.3, -0.25) is 4.90 Å². The van der Waals surface area contributed by atoms with Gasteiger partial charge in [-0.25, -0.2) is 0 Å². The van der Waals surface area contributed by atoms with Gasteiger partial charge in [-0.1, -0.05) is 19.8 Å². The Bertz CT molecular complexity index is 257. The SMILES string of the molecule is CCCNC(CN1CC(OC)C(OC)C1)C1CCCC1. The molecule has 0 aromatic carbocycles. The van der Waals surface area contributed by atoms with Crippen molar-refractivity contribution in [3.05, 3.63) is 0 Å². The Morgan fingerprint density at radius 3 is 2.20 bits per heavy atom. The Kier molecular flexibility index (Phi) is 6.75. The summed E-state index contributed by atoms with van der Waals surface area (Å²) in [6.45, 7) is 6.54. The van der Waals surface area contributed by atoms with Gasteiger partial charge in [-0.2, -0.15) is 0 Å². The largest absolute Gasteiger partial charge is 0.377 e. The van der Waals surface area contributed by atoms with Gasteiger partial charge in [0.15, 0.2) is 0 Å². The minimum Gasteiger partial charge on any atom is -0.377 e. The normalized spacial score (nSPS) is 30.1.